The molecule has 0 aliphatic rings. The van der Waals surface area contributed by atoms with Crippen LogP contribution in [0.2, 0.25) is 0 Å². The SMILES string of the molecule is CC(C)CCC(C)Nc1cccc(Br)c1C#N. The van der Waals surface area contributed by atoms with E-state index in [9.17, 15) is 0 Å². The standard InChI is InChI=1S/C14H19BrN2/c1-10(2)7-8-11(3)17-14-6-4-5-13(15)12(14)9-16/h4-6,10-11,17H,7-8H2,1-3H3. The summed E-state index contributed by atoms with van der Waals surface area (Å²) in [7, 11) is 0. The zero-order valence-electron chi connectivity index (χ0n) is 10.6. The first kappa shape index (κ1) is 14.1. The number of halogens is 1. The van der Waals surface area contributed by atoms with E-state index < -0.39 is 0 Å². The molecule has 1 aromatic rings. The Kier molecular flexibility index (Phi) is 5.50. The van der Waals surface area contributed by atoms with Crippen LogP contribution >= 0.6 is 15.9 Å². The van der Waals surface area contributed by atoms with Gasteiger partial charge in [-0.15, -0.1) is 0 Å². The fourth-order valence-corrected chi connectivity index (χ4v) is 2.13. The molecule has 0 aromatic heterocycles. The van der Waals surface area contributed by atoms with Gasteiger partial charge in [-0.2, -0.15) is 5.26 Å². The first-order valence-corrected chi connectivity index (χ1v) is 6.79. The molecule has 0 aliphatic carbocycles. The highest BCUT2D eigenvalue weighted by atomic mass is 79.9. The third kappa shape index (κ3) is 4.40. The Hall–Kier alpha value is -1.01. The first-order valence-electron chi connectivity index (χ1n) is 5.99. The summed E-state index contributed by atoms with van der Waals surface area (Å²) in [5.41, 5.74) is 1.60. The van der Waals surface area contributed by atoms with Gasteiger partial charge in [0.25, 0.3) is 0 Å². The number of hydrogen-bond acceptors (Lipinski definition) is 2. The molecule has 0 spiro atoms. The van der Waals surface area contributed by atoms with Gasteiger partial charge in [0.2, 0.25) is 0 Å². The van der Waals surface area contributed by atoms with Gasteiger partial charge < -0.3 is 5.32 Å². The summed E-state index contributed by atoms with van der Waals surface area (Å²) < 4.78 is 0.848. The molecule has 17 heavy (non-hydrogen) atoms. The van der Waals surface area contributed by atoms with Crippen molar-refractivity contribution >= 4 is 21.6 Å². The number of hydrogen-bond donors (Lipinski definition) is 1. The highest BCUT2D eigenvalue weighted by molar-refractivity contribution is 9.10. The highest BCUT2D eigenvalue weighted by Gasteiger charge is 2.09. The zero-order valence-corrected chi connectivity index (χ0v) is 12.2. The van der Waals surface area contributed by atoms with Crippen LogP contribution in [0.1, 0.15) is 39.2 Å². The van der Waals surface area contributed by atoms with Crippen LogP contribution in [0, 0.1) is 17.2 Å². The Balaban J connectivity index is 2.69. The molecule has 1 aromatic carbocycles. The summed E-state index contributed by atoms with van der Waals surface area (Å²) in [5.74, 6) is 0.720. The number of nitrogens with zero attached hydrogens (tertiary/aromatic N) is 1. The first-order chi connectivity index (χ1) is 8.04. The van der Waals surface area contributed by atoms with E-state index in [0.717, 1.165) is 22.5 Å². The molecular weight excluding hydrogens is 276 g/mol. The second-order valence-electron chi connectivity index (χ2n) is 4.79. The average molecular weight is 295 g/mol. The van der Waals surface area contributed by atoms with E-state index in [1.54, 1.807) is 0 Å². The number of nitriles is 1. The third-order valence-corrected chi connectivity index (χ3v) is 3.37. The Morgan fingerprint density at radius 1 is 1.29 bits per heavy atom. The molecule has 0 fully saturated rings. The minimum Gasteiger partial charge on any atom is -0.381 e. The van der Waals surface area contributed by atoms with Crippen molar-refractivity contribution in [3.8, 4) is 6.07 Å². The normalized spacial score (nSPS) is 12.2. The topological polar surface area (TPSA) is 35.8 Å². The van der Waals surface area contributed by atoms with Gasteiger partial charge in [-0.3, -0.25) is 0 Å². The molecule has 0 saturated carbocycles. The van der Waals surface area contributed by atoms with Crippen LogP contribution in [-0.2, 0) is 0 Å². The molecule has 0 heterocycles. The summed E-state index contributed by atoms with van der Waals surface area (Å²) >= 11 is 3.40. The number of rotatable bonds is 5. The second kappa shape index (κ2) is 6.66. The molecule has 0 aliphatic heterocycles. The van der Waals surface area contributed by atoms with Gasteiger partial charge in [0, 0.05) is 10.5 Å². The lowest BCUT2D eigenvalue weighted by atomic mass is 10.0. The Bertz CT molecular complexity index is 407. The van der Waals surface area contributed by atoms with E-state index in [1.165, 1.54) is 6.42 Å². The van der Waals surface area contributed by atoms with Crippen molar-refractivity contribution in [1.29, 1.82) is 5.26 Å². The number of anilines is 1. The van der Waals surface area contributed by atoms with Crippen LogP contribution in [0.3, 0.4) is 0 Å². The Labute approximate surface area is 112 Å². The lowest BCUT2D eigenvalue weighted by molar-refractivity contribution is 0.527. The average Bonchev–Trinajstić information content (AvgIpc) is 2.27. The fourth-order valence-electron chi connectivity index (χ4n) is 1.68. The van der Waals surface area contributed by atoms with Crippen LogP contribution in [0.4, 0.5) is 5.69 Å². The van der Waals surface area contributed by atoms with Crippen molar-refractivity contribution in [3.05, 3.63) is 28.2 Å². The van der Waals surface area contributed by atoms with Gasteiger partial charge in [0.1, 0.15) is 6.07 Å². The van der Waals surface area contributed by atoms with Crippen molar-refractivity contribution in [2.45, 2.75) is 39.7 Å². The monoisotopic (exact) mass is 294 g/mol. The fraction of sp³-hybridized carbons (Fsp3) is 0.500. The minimum absolute atomic E-state index is 0.388. The van der Waals surface area contributed by atoms with Gasteiger partial charge in [-0.05, 0) is 53.7 Å². The van der Waals surface area contributed by atoms with Crippen LogP contribution in [-0.4, -0.2) is 6.04 Å². The van der Waals surface area contributed by atoms with Crippen LogP contribution in [0.15, 0.2) is 22.7 Å². The Morgan fingerprint density at radius 2 is 2.00 bits per heavy atom. The van der Waals surface area contributed by atoms with Gasteiger partial charge in [0.05, 0.1) is 11.3 Å². The van der Waals surface area contributed by atoms with Crippen molar-refractivity contribution < 1.29 is 0 Å². The van der Waals surface area contributed by atoms with E-state index in [0.29, 0.717) is 11.6 Å². The zero-order chi connectivity index (χ0) is 12.8. The molecule has 0 saturated heterocycles. The molecule has 3 heteroatoms. The molecular formula is C14H19BrN2. The summed E-state index contributed by atoms with van der Waals surface area (Å²) in [5, 5.41) is 12.5. The lowest BCUT2D eigenvalue weighted by Gasteiger charge is -2.17. The Morgan fingerprint density at radius 3 is 2.59 bits per heavy atom. The quantitative estimate of drug-likeness (QED) is 0.864. The molecule has 1 atom stereocenters. The van der Waals surface area contributed by atoms with Crippen molar-refractivity contribution in [2.24, 2.45) is 5.92 Å². The van der Waals surface area contributed by atoms with Crippen molar-refractivity contribution in [1.82, 2.24) is 0 Å². The largest absolute Gasteiger partial charge is 0.381 e. The maximum Gasteiger partial charge on any atom is 0.103 e. The van der Waals surface area contributed by atoms with Crippen molar-refractivity contribution in [2.75, 3.05) is 5.32 Å². The van der Waals surface area contributed by atoms with Crippen LogP contribution in [0.25, 0.3) is 0 Å². The molecule has 92 valence electrons. The lowest BCUT2D eigenvalue weighted by Crippen LogP contribution is -2.16. The third-order valence-electron chi connectivity index (χ3n) is 2.70. The van der Waals surface area contributed by atoms with Crippen molar-refractivity contribution in [3.63, 3.8) is 0 Å². The van der Waals surface area contributed by atoms with E-state index >= 15 is 0 Å². The van der Waals surface area contributed by atoms with Crippen LogP contribution in [0.5, 0.6) is 0 Å². The summed E-state index contributed by atoms with van der Waals surface area (Å²) in [4.78, 5) is 0. The molecule has 2 nitrogen and oxygen atoms in total. The predicted molar refractivity (Wildman–Crippen MR) is 76.0 cm³/mol. The maximum absolute atomic E-state index is 9.11. The summed E-state index contributed by atoms with van der Waals surface area (Å²) in [6, 6.07) is 8.40. The van der Waals surface area contributed by atoms with Gasteiger partial charge in [0.15, 0.2) is 0 Å². The maximum atomic E-state index is 9.11. The van der Waals surface area contributed by atoms with Gasteiger partial charge >= 0.3 is 0 Å². The van der Waals surface area contributed by atoms with Crippen LogP contribution < -0.4 is 5.32 Å². The van der Waals surface area contributed by atoms with Gasteiger partial charge in [-0.1, -0.05) is 19.9 Å². The molecule has 1 N–H and O–H groups in total. The van der Waals surface area contributed by atoms with E-state index in [4.69, 9.17) is 5.26 Å². The van der Waals surface area contributed by atoms with E-state index in [1.807, 2.05) is 18.2 Å². The number of benzene rings is 1. The molecule has 1 unspecified atom stereocenters. The molecule has 0 bridgehead atoms. The molecule has 0 amide bonds. The van der Waals surface area contributed by atoms with Gasteiger partial charge in [-0.25, -0.2) is 0 Å². The van der Waals surface area contributed by atoms with E-state index in [-0.39, 0.29) is 0 Å². The predicted octanol–water partition coefficient (Wildman–Crippen LogP) is 4.56. The molecule has 1 rings (SSSR count). The smallest absolute Gasteiger partial charge is 0.103 e. The summed E-state index contributed by atoms with van der Waals surface area (Å²) in [6.45, 7) is 6.61. The summed E-state index contributed by atoms with van der Waals surface area (Å²) in [6.07, 6.45) is 2.32. The van der Waals surface area contributed by atoms with E-state index in [2.05, 4.69) is 48.1 Å². The highest BCUT2D eigenvalue weighted by Crippen LogP contribution is 2.25. The molecule has 0 radical (unpaired) electrons. The minimum atomic E-state index is 0.388. The number of nitrogens with one attached hydrogen (secondary N) is 1. The second-order valence-corrected chi connectivity index (χ2v) is 5.65.